The molecule has 0 spiro atoms. The molecule has 0 saturated carbocycles. The van der Waals surface area contributed by atoms with Gasteiger partial charge in [-0.05, 0) is 48.5 Å². The SMILES string of the molecule is CC(=O)Nc1ccc(NC(=O)c2ccc(-c3cccc(Cl)c3Cl)o2)cc1. The molecule has 3 aromatic rings. The molecule has 0 saturated heterocycles. The zero-order valence-corrected chi connectivity index (χ0v) is 15.2. The van der Waals surface area contributed by atoms with Gasteiger partial charge in [-0.25, -0.2) is 0 Å². The molecule has 2 N–H and O–H groups in total. The summed E-state index contributed by atoms with van der Waals surface area (Å²) in [5, 5.41) is 6.15. The lowest BCUT2D eigenvalue weighted by Crippen LogP contribution is -2.11. The van der Waals surface area contributed by atoms with Crippen LogP contribution >= 0.6 is 23.2 Å². The van der Waals surface area contributed by atoms with E-state index in [2.05, 4.69) is 10.6 Å². The van der Waals surface area contributed by atoms with Crippen molar-refractivity contribution in [1.29, 1.82) is 0 Å². The Morgan fingerprint density at radius 2 is 1.54 bits per heavy atom. The van der Waals surface area contributed by atoms with Crippen molar-refractivity contribution in [1.82, 2.24) is 0 Å². The molecule has 7 heteroatoms. The van der Waals surface area contributed by atoms with Crippen LogP contribution in [0.4, 0.5) is 11.4 Å². The van der Waals surface area contributed by atoms with Crippen LogP contribution in [0.3, 0.4) is 0 Å². The van der Waals surface area contributed by atoms with E-state index < -0.39 is 5.91 Å². The summed E-state index contributed by atoms with van der Waals surface area (Å²) in [6.07, 6.45) is 0. The van der Waals surface area contributed by atoms with E-state index in [-0.39, 0.29) is 11.7 Å². The lowest BCUT2D eigenvalue weighted by Gasteiger charge is -2.06. The van der Waals surface area contributed by atoms with Crippen LogP contribution in [0.25, 0.3) is 11.3 Å². The van der Waals surface area contributed by atoms with Gasteiger partial charge in [0.1, 0.15) is 5.76 Å². The molecule has 0 bridgehead atoms. The number of nitrogens with one attached hydrogen (secondary N) is 2. The third kappa shape index (κ3) is 4.07. The Balaban J connectivity index is 1.74. The first-order valence-corrected chi connectivity index (χ1v) is 8.43. The predicted octanol–water partition coefficient (Wildman–Crippen LogP) is 5.46. The molecule has 3 rings (SSSR count). The normalized spacial score (nSPS) is 10.4. The van der Waals surface area contributed by atoms with Crippen LogP contribution in [0, 0.1) is 0 Å². The highest BCUT2D eigenvalue weighted by Gasteiger charge is 2.15. The molecular weight excluding hydrogens is 375 g/mol. The highest BCUT2D eigenvalue weighted by atomic mass is 35.5. The van der Waals surface area contributed by atoms with Gasteiger partial charge in [-0.2, -0.15) is 0 Å². The minimum Gasteiger partial charge on any atom is -0.451 e. The summed E-state index contributed by atoms with van der Waals surface area (Å²) >= 11 is 12.2. The number of amides is 2. The number of rotatable bonds is 4. The fraction of sp³-hybridized carbons (Fsp3) is 0.0526. The lowest BCUT2D eigenvalue weighted by atomic mass is 10.2. The van der Waals surface area contributed by atoms with Crippen LogP contribution < -0.4 is 10.6 Å². The molecular formula is C19H14Cl2N2O3. The van der Waals surface area contributed by atoms with E-state index >= 15 is 0 Å². The van der Waals surface area contributed by atoms with Gasteiger partial charge in [0.05, 0.1) is 10.0 Å². The fourth-order valence-corrected chi connectivity index (χ4v) is 2.73. The van der Waals surface area contributed by atoms with Crippen molar-refractivity contribution >= 4 is 46.4 Å². The standard InChI is InChI=1S/C19H14Cl2N2O3/c1-11(24)22-12-5-7-13(8-6-12)23-19(25)17-10-9-16(26-17)14-3-2-4-15(20)18(14)21/h2-10H,1H3,(H,22,24)(H,23,25). The van der Waals surface area contributed by atoms with Crippen LogP contribution in [0.5, 0.6) is 0 Å². The van der Waals surface area contributed by atoms with Crippen molar-refractivity contribution in [3.05, 3.63) is 70.4 Å². The smallest absolute Gasteiger partial charge is 0.291 e. The number of halogens is 2. The average Bonchev–Trinajstić information content (AvgIpc) is 3.08. The summed E-state index contributed by atoms with van der Waals surface area (Å²) in [6, 6.07) is 15.2. The van der Waals surface area contributed by atoms with Gasteiger partial charge in [0.2, 0.25) is 5.91 Å². The molecule has 0 atom stereocenters. The lowest BCUT2D eigenvalue weighted by molar-refractivity contribution is -0.114. The van der Waals surface area contributed by atoms with Crippen molar-refractivity contribution in [2.24, 2.45) is 0 Å². The van der Waals surface area contributed by atoms with E-state index in [1.54, 1.807) is 54.6 Å². The van der Waals surface area contributed by atoms with E-state index in [1.165, 1.54) is 6.92 Å². The quantitative estimate of drug-likeness (QED) is 0.622. The van der Waals surface area contributed by atoms with E-state index in [0.29, 0.717) is 32.7 Å². The molecule has 0 aliphatic carbocycles. The van der Waals surface area contributed by atoms with E-state index in [1.807, 2.05) is 0 Å². The Hall–Kier alpha value is -2.76. The Morgan fingerprint density at radius 3 is 2.19 bits per heavy atom. The van der Waals surface area contributed by atoms with Crippen LogP contribution in [-0.4, -0.2) is 11.8 Å². The third-order valence-electron chi connectivity index (χ3n) is 3.51. The molecule has 2 amide bonds. The molecule has 5 nitrogen and oxygen atoms in total. The maximum atomic E-state index is 12.3. The van der Waals surface area contributed by atoms with Gasteiger partial charge in [-0.1, -0.05) is 29.3 Å². The molecule has 0 fully saturated rings. The average molecular weight is 389 g/mol. The number of carbonyl (C=O) groups excluding carboxylic acids is 2. The largest absolute Gasteiger partial charge is 0.451 e. The Kier molecular flexibility index (Phi) is 5.30. The first-order chi connectivity index (χ1) is 12.4. The van der Waals surface area contributed by atoms with Crippen LogP contribution in [-0.2, 0) is 4.79 Å². The Morgan fingerprint density at radius 1 is 0.885 bits per heavy atom. The molecule has 0 radical (unpaired) electrons. The van der Waals surface area contributed by atoms with Crippen molar-refractivity contribution in [2.75, 3.05) is 10.6 Å². The van der Waals surface area contributed by atoms with Crippen LogP contribution in [0.2, 0.25) is 10.0 Å². The van der Waals surface area contributed by atoms with Crippen LogP contribution in [0.1, 0.15) is 17.5 Å². The predicted molar refractivity (Wildman–Crippen MR) is 103 cm³/mol. The molecule has 0 unspecified atom stereocenters. The number of benzene rings is 2. The second-order valence-electron chi connectivity index (χ2n) is 5.48. The summed E-state index contributed by atoms with van der Waals surface area (Å²) in [7, 11) is 0. The van der Waals surface area contributed by atoms with Gasteiger partial charge in [0.15, 0.2) is 5.76 Å². The molecule has 0 aliphatic heterocycles. The molecule has 0 aliphatic rings. The molecule has 26 heavy (non-hydrogen) atoms. The van der Waals surface area contributed by atoms with Crippen LogP contribution in [0.15, 0.2) is 59.0 Å². The number of anilines is 2. The van der Waals surface area contributed by atoms with Gasteiger partial charge in [0, 0.05) is 23.9 Å². The second-order valence-corrected chi connectivity index (χ2v) is 6.26. The topological polar surface area (TPSA) is 71.3 Å². The zero-order chi connectivity index (χ0) is 18.7. The van der Waals surface area contributed by atoms with E-state index in [9.17, 15) is 9.59 Å². The third-order valence-corrected chi connectivity index (χ3v) is 4.33. The summed E-state index contributed by atoms with van der Waals surface area (Å²) in [6.45, 7) is 1.43. The molecule has 1 aromatic heterocycles. The van der Waals surface area contributed by atoms with Gasteiger partial charge in [-0.3, -0.25) is 9.59 Å². The molecule has 2 aromatic carbocycles. The summed E-state index contributed by atoms with van der Waals surface area (Å²) in [5.74, 6) is 0.0249. The van der Waals surface area contributed by atoms with Gasteiger partial charge in [0.25, 0.3) is 5.91 Å². The van der Waals surface area contributed by atoms with Crippen molar-refractivity contribution in [2.45, 2.75) is 6.92 Å². The van der Waals surface area contributed by atoms with Crippen molar-refractivity contribution < 1.29 is 14.0 Å². The molecule has 132 valence electrons. The van der Waals surface area contributed by atoms with Crippen molar-refractivity contribution in [3.63, 3.8) is 0 Å². The second kappa shape index (κ2) is 7.64. The Labute approximate surface area is 159 Å². The van der Waals surface area contributed by atoms with E-state index in [0.717, 1.165) is 0 Å². The zero-order valence-electron chi connectivity index (χ0n) is 13.7. The number of furan rings is 1. The highest BCUT2D eigenvalue weighted by molar-refractivity contribution is 6.43. The first kappa shape index (κ1) is 18.0. The van der Waals surface area contributed by atoms with Gasteiger partial charge < -0.3 is 15.1 Å². The molecule has 1 heterocycles. The number of carbonyl (C=O) groups is 2. The summed E-state index contributed by atoms with van der Waals surface area (Å²) < 4.78 is 5.60. The minimum absolute atomic E-state index is 0.141. The van der Waals surface area contributed by atoms with E-state index in [4.69, 9.17) is 27.6 Å². The fourth-order valence-electron chi connectivity index (χ4n) is 2.33. The summed E-state index contributed by atoms with van der Waals surface area (Å²) in [4.78, 5) is 23.4. The minimum atomic E-state index is -0.401. The Bertz CT molecular complexity index is 965. The number of hydrogen-bond donors (Lipinski definition) is 2. The highest BCUT2D eigenvalue weighted by Crippen LogP contribution is 2.34. The first-order valence-electron chi connectivity index (χ1n) is 7.67. The maximum absolute atomic E-state index is 12.3. The maximum Gasteiger partial charge on any atom is 0.291 e. The summed E-state index contributed by atoms with van der Waals surface area (Å²) in [5.41, 5.74) is 1.83. The van der Waals surface area contributed by atoms with Gasteiger partial charge in [-0.15, -0.1) is 0 Å². The van der Waals surface area contributed by atoms with Gasteiger partial charge >= 0.3 is 0 Å². The van der Waals surface area contributed by atoms with Crippen molar-refractivity contribution in [3.8, 4) is 11.3 Å². The number of hydrogen-bond acceptors (Lipinski definition) is 3. The monoisotopic (exact) mass is 388 g/mol.